The molecule has 0 radical (unpaired) electrons. The highest BCUT2D eigenvalue weighted by molar-refractivity contribution is 7.07. The lowest BCUT2D eigenvalue weighted by molar-refractivity contribution is -0.130. The fraction of sp³-hybridized carbons (Fsp3) is 0.375. The number of aryl methyl sites for hydroxylation is 2. The van der Waals surface area contributed by atoms with Gasteiger partial charge in [0.05, 0.1) is 13.7 Å². The Bertz CT molecular complexity index is 645. The van der Waals surface area contributed by atoms with E-state index in [4.69, 9.17) is 4.42 Å². The number of esters is 1. The van der Waals surface area contributed by atoms with E-state index in [9.17, 15) is 9.59 Å². The Kier molecular flexibility index (Phi) is 5.38. The van der Waals surface area contributed by atoms with Crippen LogP contribution in [0.5, 0.6) is 0 Å². The van der Waals surface area contributed by atoms with Gasteiger partial charge < -0.3 is 14.1 Å². The zero-order valence-electron chi connectivity index (χ0n) is 12.9. The number of hydrogen-bond donors (Lipinski definition) is 0. The molecule has 2 heterocycles. The fourth-order valence-corrected chi connectivity index (χ4v) is 2.84. The van der Waals surface area contributed by atoms with Crippen molar-refractivity contribution in [1.29, 1.82) is 0 Å². The van der Waals surface area contributed by atoms with Gasteiger partial charge in [0.25, 0.3) is 0 Å². The first kappa shape index (κ1) is 16.3. The van der Waals surface area contributed by atoms with Crippen molar-refractivity contribution >= 4 is 23.2 Å². The molecule has 6 heteroatoms. The maximum absolute atomic E-state index is 12.1. The summed E-state index contributed by atoms with van der Waals surface area (Å²) in [7, 11) is 3.06. The topological polar surface area (TPSA) is 59.8 Å². The second kappa shape index (κ2) is 7.26. The summed E-state index contributed by atoms with van der Waals surface area (Å²) in [6, 6.07) is 3.65. The van der Waals surface area contributed by atoms with Crippen LogP contribution in [0.1, 0.15) is 33.9 Å². The third-order valence-electron chi connectivity index (χ3n) is 3.40. The molecule has 2 rings (SSSR count). The number of hydrogen-bond acceptors (Lipinski definition) is 5. The second-order valence-electron chi connectivity index (χ2n) is 5.06. The van der Waals surface area contributed by atoms with E-state index in [0.29, 0.717) is 30.0 Å². The number of furan rings is 1. The minimum Gasteiger partial charge on any atom is -0.465 e. The van der Waals surface area contributed by atoms with Gasteiger partial charge in [-0.25, -0.2) is 4.79 Å². The van der Waals surface area contributed by atoms with Gasteiger partial charge in [0.2, 0.25) is 5.91 Å². The molecule has 0 N–H and O–H groups in total. The molecule has 1 amide bonds. The van der Waals surface area contributed by atoms with E-state index in [1.165, 1.54) is 12.7 Å². The molecule has 22 heavy (non-hydrogen) atoms. The van der Waals surface area contributed by atoms with Gasteiger partial charge in [-0.3, -0.25) is 4.79 Å². The zero-order chi connectivity index (χ0) is 16.1. The highest BCUT2D eigenvalue weighted by Crippen LogP contribution is 2.17. The van der Waals surface area contributed by atoms with Gasteiger partial charge in [-0.15, -0.1) is 0 Å². The summed E-state index contributed by atoms with van der Waals surface area (Å²) in [5.74, 6) is 0.684. The number of amides is 1. The first-order valence-corrected chi connectivity index (χ1v) is 7.88. The van der Waals surface area contributed by atoms with E-state index in [1.807, 2.05) is 16.8 Å². The van der Waals surface area contributed by atoms with Crippen molar-refractivity contribution in [2.45, 2.75) is 26.3 Å². The lowest BCUT2D eigenvalue weighted by Gasteiger charge is -2.15. The van der Waals surface area contributed by atoms with E-state index in [1.54, 1.807) is 36.3 Å². The zero-order valence-corrected chi connectivity index (χ0v) is 13.7. The summed E-state index contributed by atoms with van der Waals surface area (Å²) in [4.78, 5) is 25.3. The summed E-state index contributed by atoms with van der Waals surface area (Å²) >= 11 is 1.63. The Balaban J connectivity index is 1.92. The van der Waals surface area contributed by atoms with Gasteiger partial charge in [0, 0.05) is 13.5 Å². The average molecular weight is 321 g/mol. The van der Waals surface area contributed by atoms with Crippen molar-refractivity contribution in [3.63, 3.8) is 0 Å². The van der Waals surface area contributed by atoms with Gasteiger partial charge in [-0.1, -0.05) is 0 Å². The van der Waals surface area contributed by atoms with Gasteiger partial charge in [-0.2, -0.15) is 11.3 Å². The summed E-state index contributed by atoms with van der Waals surface area (Å²) in [6.45, 7) is 2.04. The summed E-state index contributed by atoms with van der Waals surface area (Å²) in [6.07, 6.45) is 1.19. The number of methoxy groups -OCH3 is 1. The van der Waals surface area contributed by atoms with Gasteiger partial charge in [0.1, 0.15) is 17.1 Å². The molecule has 0 spiro atoms. The van der Waals surface area contributed by atoms with E-state index >= 15 is 0 Å². The van der Waals surface area contributed by atoms with Crippen LogP contribution in [0.2, 0.25) is 0 Å². The number of carbonyl (C=O) groups excluding carboxylic acids is 2. The number of thiophene rings is 1. The van der Waals surface area contributed by atoms with Gasteiger partial charge in [0.15, 0.2) is 0 Å². The number of carbonyl (C=O) groups is 2. The van der Waals surface area contributed by atoms with Crippen LogP contribution < -0.4 is 0 Å². The third kappa shape index (κ3) is 3.98. The largest absolute Gasteiger partial charge is 0.465 e. The van der Waals surface area contributed by atoms with Crippen LogP contribution in [-0.2, 0) is 22.5 Å². The van der Waals surface area contributed by atoms with Crippen LogP contribution >= 0.6 is 11.3 Å². The highest BCUT2D eigenvalue weighted by atomic mass is 32.1. The molecule has 2 aromatic rings. The molecule has 0 saturated carbocycles. The fourth-order valence-electron chi connectivity index (χ4n) is 2.13. The maximum atomic E-state index is 12.1. The maximum Gasteiger partial charge on any atom is 0.341 e. The van der Waals surface area contributed by atoms with Crippen LogP contribution in [0.15, 0.2) is 27.3 Å². The SMILES string of the molecule is COC(=O)c1cc(CN(C)C(=O)CCc2ccsc2)oc1C. The first-order valence-electron chi connectivity index (χ1n) is 6.94. The molecule has 5 nitrogen and oxygen atoms in total. The normalized spacial score (nSPS) is 10.5. The van der Waals surface area contributed by atoms with Crippen molar-refractivity contribution in [3.8, 4) is 0 Å². The average Bonchev–Trinajstić information content (AvgIpc) is 3.13. The monoisotopic (exact) mass is 321 g/mol. The van der Waals surface area contributed by atoms with Crippen LogP contribution in [0.25, 0.3) is 0 Å². The number of rotatable bonds is 6. The van der Waals surface area contributed by atoms with Crippen molar-refractivity contribution in [2.75, 3.05) is 14.2 Å². The van der Waals surface area contributed by atoms with Crippen LogP contribution in [0.4, 0.5) is 0 Å². The molecule has 0 unspecified atom stereocenters. The Hall–Kier alpha value is -2.08. The standard InChI is InChI=1S/C16H19NO4S/c1-11-14(16(19)20-3)8-13(21-11)9-17(2)15(18)5-4-12-6-7-22-10-12/h6-8,10H,4-5,9H2,1-3H3. The highest BCUT2D eigenvalue weighted by Gasteiger charge is 2.17. The molecule has 0 aromatic carbocycles. The summed E-state index contributed by atoms with van der Waals surface area (Å²) in [5, 5.41) is 4.05. The lowest BCUT2D eigenvalue weighted by Crippen LogP contribution is -2.26. The molecule has 0 aliphatic carbocycles. The van der Waals surface area contributed by atoms with Crippen LogP contribution in [-0.4, -0.2) is 30.9 Å². The molecule has 0 saturated heterocycles. The van der Waals surface area contributed by atoms with Crippen molar-refractivity contribution in [2.24, 2.45) is 0 Å². The summed E-state index contributed by atoms with van der Waals surface area (Å²) < 4.78 is 10.2. The first-order chi connectivity index (χ1) is 10.5. The number of ether oxygens (including phenoxy) is 1. The minimum absolute atomic E-state index is 0.0415. The second-order valence-corrected chi connectivity index (χ2v) is 5.84. The van der Waals surface area contributed by atoms with E-state index in [2.05, 4.69) is 4.74 Å². The Morgan fingerprint density at radius 3 is 2.82 bits per heavy atom. The van der Waals surface area contributed by atoms with Crippen LogP contribution in [0.3, 0.4) is 0 Å². The molecular weight excluding hydrogens is 302 g/mol. The molecule has 0 fully saturated rings. The van der Waals surface area contributed by atoms with Crippen LogP contribution in [0, 0.1) is 6.92 Å². The minimum atomic E-state index is -0.432. The summed E-state index contributed by atoms with van der Waals surface area (Å²) in [5.41, 5.74) is 1.57. The molecule has 0 atom stereocenters. The van der Waals surface area contributed by atoms with E-state index in [-0.39, 0.29) is 5.91 Å². The van der Waals surface area contributed by atoms with Gasteiger partial charge >= 0.3 is 5.97 Å². The molecular formula is C16H19NO4S. The Labute approximate surface area is 133 Å². The Morgan fingerprint density at radius 2 is 2.18 bits per heavy atom. The van der Waals surface area contributed by atoms with Crippen molar-refractivity contribution in [1.82, 2.24) is 4.90 Å². The lowest BCUT2D eigenvalue weighted by atomic mass is 10.2. The molecule has 0 aliphatic heterocycles. The molecule has 118 valence electrons. The van der Waals surface area contributed by atoms with Crippen molar-refractivity contribution < 1.29 is 18.7 Å². The van der Waals surface area contributed by atoms with Gasteiger partial charge in [-0.05, 0) is 41.8 Å². The van der Waals surface area contributed by atoms with Crippen molar-refractivity contribution in [3.05, 3.63) is 45.5 Å². The third-order valence-corrected chi connectivity index (χ3v) is 4.13. The van der Waals surface area contributed by atoms with E-state index in [0.717, 1.165) is 6.42 Å². The quantitative estimate of drug-likeness (QED) is 0.767. The molecule has 0 bridgehead atoms. The van der Waals surface area contributed by atoms with E-state index < -0.39 is 5.97 Å². The Morgan fingerprint density at radius 1 is 1.41 bits per heavy atom. The predicted molar refractivity (Wildman–Crippen MR) is 83.9 cm³/mol. The molecule has 2 aromatic heterocycles. The smallest absolute Gasteiger partial charge is 0.341 e. The number of nitrogens with zero attached hydrogens (tertiary/aromatic N) is 1. The molecule has 0 aliphatic rings. The predicted octanol–water partition coefficient (Wildman–Crippen LogP) is 3.03.